The summed E-state index contributed by atoms with van der Waals surface area (Å²) in [5.74, 6) is 0. The fourth-order valence-corrected chi connectivity index (χ4v) is 1.54. The van der Waals surface area contributed by atoms with Gasteiger partial charge in [0.1, 0.15) is 0 Å². The van der Waals surface area contributed by atoms with Crippen molar-refractivity contribution in [3.63, 3.8) is 0 Å². The summed E-state index contributed by atoms with van der Waals surface area (Å²) in [5.41, 5.74) is 26.5. The molecule has 0 aliphatic carbocycles. The normalized spacial score (nSPS) is 10.1. The summed E-state index contributed by atoms with van der Waals surface area (Å²) in [5, 5.41) is 2.98. The summed E-state index contributed by atoms with van der Waals surface area (Å²) in [4.78, 5) is 0. The van der Waals surface area contributed by atoms with Crippen LogP contribution in [0.4, 0.5) is 28.4 Å². The van der Waals surface area contributed by atoms with Gasteiger partial charge >= 0.3 is 0 Å². The van der Waals surface area contributed by atoms with Crippen LogP contribution in [0.25, 0.3) is 0 Å². The highest BCUT2D eigenvalue weighted by atomic mass is 14.9. The average Bonchev–Trinajstić information content (AvgIpc) is 2.20. The van der Waals surface area contributed by atoms with E-state index in [1.54, 1.807) is 7.05 Å². The quantitative estimate of drug-likeness (QED) is 0.443. The van der Waals surface area contributed by atoms with Gasteiger partial charge in [0.25, 0.3) is 0 Å². The largest absolute Gasteiger partial charge is 0.397 e. The third kappa shape index (κ3) is 1.26. The smallest absolute Gasteiger partial charge is 0.0824 e. The van der Waals surface area contributed by atoms with Crippen LogP contribution in [0.2, 0.25) is 0 Å². The van der Waals surface area contributed by atoms with Crippen LogP contribution in [0.15, 0.2) is 0 Å². The van der Waals surface area contributed by atoms with Crippen LogP contribution in [-0.2, 0) is 6.42 Å². The van der Waals surface area contributed by atoms with Gasteiger partial charge in [-0.25, -0.2) is 0 Å². The maximum atomic E-state index is 5.84. The molecule has 1 aromatic rings. The molecule has 0 bridgehead atoms. The third-order valence-electron chi connectivity index (χ3n) is 2.37. The van der Waals surface area contributed by atoms with E-state index >= 15 is 0 Å². The second kappa shape index (κ2) is 3.53. The van der Waals surface area contributed by atoms with Gasteiger partial charge in [-0.3, -0.25) is 0 Å². The van der Waals surface area contributed by atoms with E-state index in [-0.39, 0.29) is 0 Å². The Morgan fingerprint density at radius 3 is 1.86 bits per heavy atom. The lowest BCUT2D eigenvalue weighted by Crippen LogP contribution is -2.10. The Kier molecular flexibility index (Phi) is 2.60. The van der Waals surface area contributed by atoms with Gasteiger partial charge in [0, 0.05) is 12.6 Å². The summed E-state index contributed by atoms with van der Waals surface area (Å²) < 4.78 is 0. The van der Waals surface area contributed by atoms with E-state index in [2.05, 4.69) is 5.32 Å². The molecule has 0 atom stereocenters. The molecule has 0 saturated carbocycles. The Morgan fingerprint density at radius 2 is 1.43 bits per heavy atom. The molecule has 0 aromatic heterocycles. The number of anilines is 5. The van der Waals surface area contributed by atoms with Gasteiger partial charge in [-0.15, -0.1) is 0 Å². The minimum atomic E-state index is 0.351. The topological polar surface area (TPSA) is 116 Å². The summed E-state index contributed by atoms with van der Waals surface area (Å²) in [7, 11) is 1.78. The number of nitrogens with two attached hydrogens (primary N) is 4. The Hall–Kier alpha value is -1.78. The number of hydrogen-bond donors (Lipinski definition) is 5. The van der Waals surface area contributed by atoms with Gasteiger partial charge in [-0.1, -0.05) is 6.92 Å². The van der Waals surface area contributed by atoms with Gasteiger partial charge in [0.2, 0.25) is 0 Å². The molecule has 0 fully saturated rings. The SMILES string of the molecule is CCc1c(N)c(N)c(N)c(N)c1NC. The summed E-state index contributed by atoms with van der Waals surface area (Å²) in [6.07, 6.45) is 0.761. The molecule has 5 nitrogen and oxygen atoms in total. The maximum absolute atomic E-state index is 5.84. The number of benzene rings is 1. The molecule has 14 heavy (non-hydrogen) atoms. The zero-order chi connectivity index (χ0) is 10.9. The first-order chi connectivity index (χ1) is 6.54. The van der Waals surface area contributed by atoms with Crippen molar-refractivity contribution in [3.05, 3.63) is 5.56 Å². The Balaban J connectivity index is 3.57. The van der Waals surface area contributed by atoms with Crippen molar-refractivity contribution < 1.29 is 0 Å². The van der Waals surface area contributed by atoms with Crippen molar-refractivity contribution in [2.24, 2.45) is 0 Å². The van der Waals surface area contributed by atoms with Crippen molar-refractivity contribution >= 4 is 28.4 Å². The molecular weight excluding hydrogens is 178 g/mol. The van der Waals surface area contributed by atoms with Crippen LogP contribution >= 0.6 is 0 Å². The first-order valence-electron chi connectivity index (χ1n) is 4.47. The van der Waals surface area contributed by atoms with Crippen molar-refractivity contribution in [2.75, 3.05) is 35.3 Å². The lowest BCUT2D eigenvalue weighted by molar-refractivity contribution is 1.14. The second-order valence-corrected chi connectivity index (χ2v) is 3.11. The fourth-order valence-electron chi connectivity index (χ4n) is 1.54. The van der Waals surface area contributed by atoms with E-state index in [0.29, 0.717) is 22.7 Å². The molecule has 0 spiro atoms. The molecule has 0 aliphatic rings. The third-order valence-corrected chi connectivity index (χ3v) is 2.37. The molecule has 5 heteroatoms. The van der Waals surface area contributed by atoms with Gasteiger partial charge in [0.15, 0.2) is 0 Å². The highest BCUT2D eigenvalue weighted by molar-refractivity contribution is 5.97. The number of hydrogen-bond acceptors (Lipinski definition) is 5. The molecule has 0 radical (unpaired) electrons. The van der Waals surface area contributed by atoms with E-state index in [9.17, 15) is 0 Å². The van der Waals surface area contributed by atoms with Crippen LogP contribution in [0.1, 0.15) is 12.5 Å². The number of nitrogen functional groups attached to an aromatic ring is 4. The number of nitrogens with one attached hydrogen (secondary N) is 1. The van der Waals surface area contributed by atoms with Crippen LogP contribution in [0.5, 0.6) is 0 Å². The van der Waals surface area contributed by atoms with E-state index in [1.165, 1.54) is 0 Å². The molecular formula is C9H17N5. The average molecular weight is 195 g/mol. The molecule has 78 valence electrons. The zero-order valence-electron chi connectivity index (χ0n) is 8.52. The Morgan fingerprint density at radius 1 is 0.929 bits per heavy atom. The van der Waals surface area contributed by atoms with Gasteiger partial charge in [-0.05, 0) is 6.42 Å². The zero-order valence-corrected chi connectivity index (χ0v) is 8.52. The van der Waals surface area contributed by atoms with Crippen LogP contribution in [0.3, 0.4) is 0 Å². The minimum Gasteiger partial charge on any atom is -0.397 e. The molecule has 0 saturated heterocycles. The van der Waals surface area contributed by atoms with Crippen molar-refractivity contribution in [3.8, 4) is 0 Å². The van der Waals surface area contributed by atoms with E-state index in [4.69, 9.17) is 22.9 Å². The highest BCUT2D eigenvalue weighted by Gasteiger charge is 2.15. The molecule has 0 unspecified atom stereocenters. The molecule has 0 heterocycles. The predicted octanol–water partition coefficient (Wildman–Crippen LogP) is 0.620. The van der Waals surface area contributed by atoms with Gasteiger partial charge < -0.3 is 28.3 Å². The lowest BCUT2D eigenvalue weighted by Gasteiger charge is -2.17. The summed E-state index contributed by atoms with van der Waals surface area (Å²) in [6, 6.07) is 0. The molecule has 0 amide bonds. The maximum Gasteiger partial charge on any atom is 0.0824 e. The van der Waals surface area contributed by atoms with Crippen molar-refractivity contribution in [1.29, 1.82) is 0 Å². The van der Waals surface area contributed by atoms with Crippen LogP contribution < -0.4 is 28.3 Å². The second-order valence-electron chi connectivity index (χ2n) is 3.11. The standard InChI is InChI=1S/C9H17N5/c1-3-4-5(10)6(11)7(12)8(13)9(4)14-2/h14H,3,10-13H2,1-2H3. The highest BCUT2D eigenvalue weighted by Crippen LogP contribution is 2.39. The number of rotatable bonds is 2. The van der Waals surface area contributed by atoms with Crippen LogP contribution in [0, 0.1) is 0 Å². The lowest BCUT2D eigenvalue weighted by atomic mass is 10.0. The monoisotopic (exact) mass is 195 g/mol. The first kappa shape index (κ1) is 10.3. The Bertz CT molecular complexity index is 324. The first-order valence-corrected chi connectivity index (χ1v) is 4.47. The Labute approximate surface area is 83.4 Å². The van der Waals surface area contributed by atoms with E-state index in [1.807, 2.05) is 6.92 Å². The summed E-state index contributed by atoms with van der Waals surface area (Å²) in [6.45, 7) is 1.99. The van der Waals surface area contributed by atoms with E-state index < -0.39 is 0 Å². The molecule has 9 N–H and O–H groups in total. The summed E-state index contributed by atoms with van der Waals surface area (Å²) >= 11 is 0. The van der Waals surface area contributed by atoms with Crippen molar-refractivity contribution in [1.82, 2.24) is 0 Å². The molecule has 1 rings (SSSR count). The molecule has 0 aliphatic heterocycles. The van der Waals surface area contributed by atoms with Crippen LogP contribution in [-0.4, -0.2) is 7.05 Å². The van der Waals surface area contributed by atoms with Gasteiger partial charge in [-0.2, -0.15) is 0 Å². The van der Waals surface area contributed by atoms with E-state index in [0.717, 1.165) is 17.7 Å². The minimum absolute atomic E-state index is 0.351. The fraction of sp³-hybridized carbons (Fsp3) is 0.333. The predicted molar refractivity (Wildman–Crippen MR) is 63.0 cm³/mol. The van der Waals surface area contributed by atoms with Crippen molar-refractivity contribution in [2.45, 2.75) is 13.3 Å². The van der Waals surface area contributed by atoms with Gasteiger partial charge in [0.05, 0.1) is 28.4 Å². The molecule has 1 aromatic carbocycles.